The zero-order chi connectivity index (χ0) is 35.6. The predicted octanol–water partition coefficient (Wildman–Crippen LogP) is 6.25. The number of aliphatic hydroxyl groups is 1. The average molecular weight is 695 g/mol. The van der Waals surface area contributed by atoms with Crippen LogP contribution in [0.5, 0.6) is 0 Å². The zero-order valence-corrected chi connectivity index (χ0v) is 29.5. The van der Waals surface area contributed by atoms with Gasteiger partial charge in [0.1, 0.15) is 0 Å². The van der Waals surface area contributed by atoms with Crippen molar-refractivity contribution in [1.82, 2.24) is 4.90 Å². The molecule has 4 aromatic carbocycles. The minimum atomic E-state index is -3.57. The van der Waals surface area contributed by atoms with Gasteiger partial charge in [-0.15, -0.1) is 0 Å². The van der Waals surface area contributed by atoms with Crippen molar-refractivity contribution in [2.75, 3.05) is 29.1 Å². The van der Waals surface area contributed by atoms with Crippen LogP contribution in [0.4, 0.5) is 21.2 Å². The van der Waals surface area contributed by atoms with E-state index >= 15 is 4.11 Å². The zero-order valence-electron chi connectivity index (χ0n) is 28.5. The lowest BCUT2D eigenvalue weighted by atomic mass is 9.82. The van der Waals surface area contributed by atoms with Crippen LogP contribution >= 0.6 is 0 Å². The molecular weight excluding hydrogens is 652 g/mol. The van der Waals surface area contributed by atoms with E-state index in [1.54, 1.807) is 65.4 Å². The summed E-state index contributed by atoms with van der Waals surface area (Å²) in [6.07, 6.45) is -1.05. The van der Waals surface area contributed by atoms with Crippen molar-refractivity contribution in [2.24, 2.45) is 5.92 Å². The molecule has 1 fully saturated rings. The van der Waals surface area contributed by atoms with Crippen molar-refractivity contribution in [2.45, 2.75) is 56.8 Å². The molecule has 1 spiro atoms. The van der Waals surface area contributed by atoms with Crippen LogP contribution in [0.25, 0.3) is 0 Å². The van der Waals surface area contributed by atoms with Gasteiger partial charge < -0.3 is 34.8 Å². The van der Waals surface area contributed by atoms with Crippen LogP contribution in [-0.2, 0) is 33.0 Å². The van der Waals surface area contributed by atoms with Crippen LogP contribution < -0.4 is 16.0 Å². The summed E-state index contributed by atoms with van der Waals surface area (Å²) in [7, 11) is -3.57. The Bertz CT molecular complexity index is 1850. The fourth-order valence-electron chi connectivity index (χ4n) is 7.60. The van der Waals surface area contributed by atoms with Crippen LogP contribution in [0.3, 0.4) is 0 Å². The molecule has 4 N–H and O–H groups in total. The lowest BCUT2D eigenvalue weighted by Gasteiger charge is -2.31. The molecule has 0 aliphatic carbocycles. The number of nitrogens with two attached hydrogens (primary N) is 1. The highest BCUT2D eigenvalue weighted by molar-refractivity contribution is 6.72. The third kappa shape index (κ3) is 6.81. The molecule has 9 nitrogen and oxygen atoms in total. The van der Waals surface area contributed by atoms with E-state index in [0.717, 1.165) is 11.1 Å². The van der Waals surface area contributed by atoms with Gasteiger partial charge in [0.05, 0.1) is 31.4 Å². The Morgan fingerprint density at radius 1 is 0.980 bits per heavy atom. The van der Waals surface area contributed by atoms with E-state index in [-0.39, 0.29) is 50.4 Å². The molecule has 50 heavy (non-hydrogen) atoms. The number of nitrogens with one attached hydrogen (secondary N) is 1. The predicted molar refractivity (Wildman–Crippen MR) is 194 cm³/mol. The van der Waals surface area contributed by atoms with Gasteiger partial charge in [0.15, 0.2) is 5.60 Å². The first-order chi connectivity index (χ1) is 23.9. The molecule has 0 unspecified atom stereocenters. The lowest BCUT2D eigenvalue weighted by Crippen LogP contribution is -2.45. The number of hydrogen-bond acceptors (Lipinski definition) is 6. The summed E-state index contributed by atoms with van der Waals surface area (Å²) in [4.78, 5) is 45.2. The molecule has 0 radical (unpaired) electrons. The molecule has 6 rings (SSSR count). The third-order valence-electron chi connectivity index (χ3n) is 9.89. The number of carbonyl (C=O) groups is 3. The number of amides is 3. The first kappa shape index (κ1) is 35.0. The van der Waals surface area contributed by atoms with Crippen LogP contribution in [0, 0.1) is 5.92 Å². The van der Waals surface area contributed by atoms with Gasteiger partial charge in [-0.05, 0) is 66.7 Å². The van der Waals surface area contributed by atoms with Crippen LogP contribution in [-0.4, -0.2) is 55.4 Å². The maximum absolute atomic E-state index is 16.5. The molecule has 2 heterocycles. The van der Waals surface area contributed by atoms with Crippen molar-refractivity contribution in [3.63, 3.8) is 0 Å². The number of fused-ring (bicyclic) bond motifs is 2. The van der Waals surface area contributed by atoms with Gasteiger partial charge in [0, 0.05) is 47.1 Å². The molecule has 260 valence electrons. The quantitative estimate of drug-likeness (QED) is 0.0969. The van der Waals surface area contributed by atoms with Crippen LogP contribution in [0.2, 0.25) is 18.6 Å². The molecule has 4 atom stereocenters. The summed E-state index contributed by atoms with van der Waals surface area (Å²) >= 11 is 0. The lowest BCUT2D eigenvalue weighted by molar-refractivity contribution is -0.150. The monoisotopic (exact) mass is 694 g/mol. The summed E-state index contributed by atoms with van der Waals surface area (Å²) in [5.41, 5.74) is 7.82. The minimum Gasteiger partial charge on any atom is -0.399 e. The Hall–Kier alpha value is -4.84. The molecular formula is C39H43FN4O5Si. The smallest absolute Gasteiger partial charge is 0.264 e. The van der Waals surface area contributed by atoms with E-state index < -0.39 is 31.6 Å². The highest BCUT2D eigenvalue weighted by atomic mass is 28.4. The highest BCUT2D eigenvalue weighted by Crippen LogP contribution is 2.60. The molecule has 0 aromatic heterocycles. The second kappa shape index (κ2) is 14.2. The average Bonchev–Trinajstić information content (AvgIpc) is 3.51. The first-order valence-corrected chi connectivity index (χ1v) is 19.8. The molecule has 1 saturated heterocycles. The molecule has 2 aliphatic heterocycles. The number of carbonyl (C=O) groups excluding carboxylic acids is 3. The summed E-state index contributed by atoms with van der Waals surface area (Å²) in [5, 5.41) is 12.7. The van der Waals surface area contributed by atoms with E-state index in [2.05, 4.69) is 5.32 Å². The maximum atomic E-state index is 16.5. The van der Waals surface area contributed by atoms with E-state index in [0.29, 0.717) is 28.2 Å². The fraction of sp³-hybridized carbons (Fsp3) is 0.308. The summed E-state index contributed by atoms with van der Waals surface area (Å²) in [6.45, 7) is 5.43. The number of nitrogens with zero attached hydrogens (tertiary/aromatic N) is 2. The second-order valence-corrected chi connectivity index (χ2v) is 17.5. The number of anilines is 3. The standard InChI is InChI=1S/C39H43FN4O5Si/c1-26-36(50(2,3)40)34(23-35(46)43(20-21-45)24-27-10-6-4-7-11-27)49-39(26)32-22-31(42-37(47)29-14-16-30(41)17-15-29)18-19-33(32)44(38(39)48)25-28-12-8-5-9-13-28/h4-19,22,26,34,36,45H,20-21,23-25,41H2,1-3H3,(H,42,47)/t26-,34+,36-,39+/m0/s1. The first-order valence-electron chi connectivity index (χ1n) is 16.9. The van der Waals surface area contributed by atoms with Gasteiger partial charge in [-0.3, -0.25) is 14.4 Å². The molecule has 0 saturated carbocycles. The normalized spacial score (nSPS) is 21.3. The van der Waals surface area contributed by atoms with Crippen LogP contribution in [0.1, 0.15) is 40.4 Å². The van der Waals surface area contributed by atoms with Gasteiger partial charge in [-0.2, -0.15) is 0 Å². The fourth-order valence-corrected chi connectivity index (χ4v) is 10.1. The number of ether oxygens (including phenoxy) is 1. The summed E-state index contributed by atoms with van der Waals surface area (Å²) in [6, 6.07) is 30.8. The van der Waals surface area contributed by atoms with Gasteiger partial charge in [-0.1, -0.05) is 67.6 Å². The number of nitrogen functional groups attached to an aromatic ring is 1. The van der Waals surface area contributed by atoms with Crippen molar-refractivity contribution in [3.8, 4) is 0 Å². The maximum Gasteiger partial charge on any atom is 0.264 e. The van der Waals surface area contributed by atoms with E-state index in [1.807, 2.05) is 67.6 Å². The van der Waals surface area contributed by atoms with Gasteiger partial charge in [0.2, 0.25) is 14.3 Å². The summed E-state index contributed by atoms with van der Waals surface area (Å²) < 4.78 is 23.3. The van der Waals surface area contributed by atoms with Gasteiger partial charge in [-0.25, -0.2) is 0 Å². The third-order valence-corrected chi connectivity index (χ3v) is 12.3. The Labute approximate surface area is 293 Å². The Morgan fingerprint density at radius 3 is 2.24 bits per heavy atom. The second-order valence-electron chi connectivity index (χ2n) is 13.7. The number of hydrogen-bond donors (Lipinski definition) is 3. The van der Waals surface area contributed by atoms with Crippen molar-refractivity contribution in [3.05, 3.63) is 125 Å². The molecule has 2 aliphatic rings. The Balaban J connectivity index is 1.38. The van der Waals surface area contributed by atoms with Crippen molar-refractivity contribution in [1.29, 1.82) is 0 Å². The van der Waals surface area contributed by atoms with Gasteiger partial charge in [0.25, 0.3) is 11.8 Å². The molecule has 3 amide bonds. The van der Waals surface area contributed by atoms with Crippen molar-refractivity contribution < 1.29 is 28.3 Å². The van der Waals surface area contributed by atoms with Crippen LogP contribution in [0.15, 0.2) is 103 Å². The highest BCUT2D eigenvalue weighted by Gasteiger charge is 2.67. The number of halogens is 1. The molecule has 4 aromatic rings. The largest absolute Gasteiger partial charge is 0.399 e. The number of aliphatic hydroxyl groups excluding tert-OH is 1. The minimum absolute atomic E-state index is 0.103. The SMILES string of the molecule is C[C@H]1[C@H]([Si](C)(C)F)[C@@H](CC(=O)N(CCO)Cc2ccccc2)O[C@]12C(=O)N(Cc1ccccc1)c1ccc(NC(=O)c3ccc(N)cc3)cc12. The number of benzene rings is 4. The van der Waals surface area contributed by atoms with E-state index in [9.17, 15) is 19.5 Å². The molecule has 0 bridgehead atoms. The Kier molecular flexibility index (Phi) is 9.93. The van der Waals surface area contributed by atoms with E-state index in [1.165, 1.54) is 0 Å². The summed E-state index contributed by atoms with van der Waals surface area (Å²) in [5.74, 6) is -1.62. The van der Waals surface area contributed by atoms with E-state index in [4.69, 9.17) is 10.5 Å². The van der Waals surface area contributed by atoms with Crippen molar-refractivity contribution >= 4 is 43.2 Å². The number of rotatable bonds is 11. The molecule has 11 heteroatoms. The Morgan fingerprint density at radius 2 is 1.62 bits per heavy atom. The topological polar surface area (TPSA) is 125 Å². The van der Waals surface area contributed by atoms with Gasteiger partial charge >= 0.3 is 0 Å².